The van der Waals surface area contributed by atoms with Crippen molar-refractivity contribution in [1.82, 2.24) is 0 Å². The predicted octanol–water partition coefficient (Wildman–Crippen LogP) is 5.12. The van der Waals surface area contributed by atoms with Crippen molar-refractivity contribution in [1.29, 1.82) is 0 Å². The Morgan fingerprint density at radius 2 is 1.36 bits per heavy atom. The Bertz CT molecular complexity index is 895. The maximum atomic E-state index is 12.0. The minimum atomic E-state index is -1.05. The lowest BCUT2D eigenvalue weighted by atomic mass is 9.82. The summed E-state index contributed by atoms with van der Waals surface area (Å²) in [5, 5.41) is 21.1. The molecule has 0 unspecified atom stereocenters. The fraction of sp³-hybridized carbons (Fsp3) is 0.208. The lowest BCUT2D eigenvalue weighted by Crippen LogP contribution is -2.23. The van der Waals surface area contributed by atoms with Crippen molar-refractivity contribution in [2.75, 3.05) is 18.0 Å². The van der Waals surface area contributed by atoms with Gasteiger partial charge in [-0.1, -0.05) is 60.7 Å². The van der Waals surface area contributed by atoms with Gasteiger partial charge in [-0.25, -0.2) is 4.79 Å². The molecule has 4 heteroatoms. The Morgan fingerprint density at radius 3 is 1.79 bits per heavy atom. The molecule has 0 spiro atoms. The summed E-state index contributed by atoms with van der Waals surface area (Å²) in [7, 11) is 0. The molecular weight excluding hydrogens is 350 g/mol. The highest BCUT2D eigenvalue weighted by molar-refractivity contribution is 5.92. The number of aromatic carboxylic acids is 1. The number of nitrogens with zero attached hydrogens (tertiary/aromatic N) is 1. The van der Waals surface area contributed by atoms with Gasteiger partial charge in [-0.15, -0.1) is 0 Å². The van der Waals surface area contributed by atoms with E-state index in [1.54, 1.807) is 12.1 Å². The van der Waals surface area contributed by atoms with Gasteiger partial charge in [-0.3, -0.25) is 0 Å². The van der Waals surface area contributed by atoms with Crippen LogP contribution < -0.4 is 4.90 Å². The Kier molecular flexibility index (Phi) is 5.99. The average molecular weight is 375 g/mol. The maximum Gasteiger partial charge on any atom is 0.336 e. The summed E-state index contributed by atoms with van der Waals surface area (Å²) < 4.78 is 0. The number of aromatic hydroxyl groups is 1. The molecule has 2 N–H and O–H groups in total. The molecule has 3 aromatic carbocycles. The van der Waals surface area contributed by atoms with Gasteiger partial charge in [0, 0.05) is 24.6 Å². The Morgan fingerprint density at radius 1 is 0.857 bits per heavy atom. The zero-order valence-electron chi connectivity index (χ0n) is 16.2. The topological polar surface area (TPSA) is 60.8 Å². The molecule has 0 aliphatic heterocycles. The molecular formula is C24H25NO3. The second-order valence-electron chi connectivity index (χ2n) is 6.63. The van der Waals surface area contributed by atoms with Gasteiger partial charge in [-0.2, -0.15) is 0 Å². The van der Waals surface area contributed by atoms with Crippen LogP contribution in [0.3, 0.4) is 0 Å². The van der Waals surface area contributed by atoms with E-state index in [2.05, 4.69) is 0 Å². The van der Waals surface area contributed by atoms with Gasteiger partial charge in [0.25, 0.3) is 0 Å². The number of hydrogen-bond donors (Lipinski definition) is 2. The number of benzene rings is 3. The Balaban J connectivity index is 2.32. The van der Waals surface area contributed by atoms with Crippen LogP contribution in [0.1, 0.15) is 46.8 Å². The van der Waals surface area contributed by atoms with Crippen LogP contribution in [0.15, 0.2) is 72.8 Å². The summed E-state index contributed by atoms with van der Waals surface area (Å²) in [5.41, 5.74) is 3.06. The van der Waals surface area contributed by atoms with E-state index in [1.807, 2.05) is 79.4 Å². The summed E-state index contributed by atoms with van der Waals surface area (Å²) in [4.78, 5) is 14.1. The number of hydrogen-bond acceptors (Lipinski definition) is 3. The van der Waals surface area contributed by atoms with Crippen LogP contribution in [-0.4, -0.2) is 29.3 Å². The molecule has 0 amide bonds. The molecule has 0 aliphatic rings. The molecule has 0 heterocycles. The second kappa shape index (κ2) is 8.61. The summed E-state index contributed by atoms with van der Waals surface area (Å²) in [6, 6.07) is 22.7. The van der Waals surface area contributed by atoms with E-state index in [0.717, 1.165) is 24.2 Å². The fourth-order valence-corrected chi connectivity index (χ4v) is 3.71. The number of phenolic OH excluding ortho intramolecular Hbond substituents is 1. The lowest BCUT2D eigenvalue weighted by molar-refractivity contribution is 0.0695. The van der Waals surface area contributed by atoms with E-state index in [-0.39, 0.29) is 17.2 Å². The monoisotopic (exact) mass is 375 g/mol. The first-order valence-corrected chi connectivity index (χ1v) is 9.52. The van der Waals surface area contributed by atoms with E-state index in [1.165, 1.54) is 0 Å². The van der Waals surface area contributed by atoms with Gasteiger partial charge in [0.05, 0.1) is 11.3 Å². The minimum absolute atomic E-state index is 0.0290. The second-order valence-corrected chi connectivity index (χ2v) is 6.63. The van der Waals surface area contributed by atoms with Gasteiger partial charge >= 0.3 is 5.97 Å². The Labute approximate surface area is 165 Å². The van der Waals surface area contributed by atoms with Gasteiger partial charge in [0.1, 0.15) is 5.75 Å². The van der Waals surface area contributed by atoms with Crippen molar-refractivity contribution in [3.8, 4) is 5.75 Å². The number of carbonyl (C=O) groups is 1. The zero-order chi connectivity index (χ0) is 20.1. The zero-order valence-corrected chi connectivity index (χ0v) is 16.2. The van der Waals surface area contributed by atoms with Crippen molar-refractivity contribution >= 4 is 11.7 Å². The average Bonchev–Trinajstić information content (AvgIpc) is 2.72. The summed E-state index contributed by atoms with van der Waals surface area (Å²) in [6.07, 6.45) is 0. The SMILES string of the molecule is CCN(CC)c1ccc(C(=O)O)c(C(c2ccccc2)c2ccccc2)c1O. The van der Waals surface area contributed by atoms with Crippen LogP contribution in [0.4, 0.5) is 5.69 Å². The molecule has 0 saturated heterocycles. The van der Waals surface area contributed by atoms with E-state index in [9.17, 15) is 15.0 Å². The number of carboxylic acids is 1. The molecule has 0 radical (unpaired) electrons. The first kappa shape index (κ1) is 19.5. The van der Waals surface area contributed by atoms with Crippen molar-refractivity contribution in [2.24, 2.45) is 0 Å². The van der Waals surface area contributed by atoms with Gasteiger partial charge in [0.2, 0.25) is 0 Å². The van der Waals surface area contributed by atoms with Crippen LogP contribution in [0.25, 0.3) is 0 Å². The molecule has 3 aromatic rings. The number of carboxylic acid groups (broad SMARTS) is 1. The highest BCUT2D eigenvalue weighted by Crippen LogP contribution is 2.43. The molecule has 144 valence electrons. The molecule has 0 saturated carbocycles. The molecule has 28 heavy (non-hydrogen) atoms. The van der Waals surface area contributed by atoms with Gasteiger partial charge in [0.15, 0.2) is 0 Å². The molecule has 4 nitrogen and oxygen atoms in total. The number of rotatable bonds is 7. The molecule has 0 atom stereocenters. The molecule has 0 aromatic heterocycles. The van der Waals surface area contributed by atoms with Crippen LogP contribution >= 0.6 is 0 Å². The maximum absolute atomic E-state index is 12.0. The first-order chi connectivity index (χ1) is 13.6. The third-order valence-electron chi connectivity index (χ3n) is 5.08. The molecule has 0 bridgehead atoms. The fourth-order valence-electron chi connectivity index (χ4n) is 3.71. The van der Waals surface area contributed by atoms with Crippen LogP contribution in [-0.2, 0) is 0 Å². The summed E-state index contributed by atoms with van der Waals surface area (Å²) in [6.45, 7) is 5.47. The van der Waals surface area contributed by atoms with Crippen molar-refractivity contribution in [2.45, 2.75) is 19.8 Å². The van der Waals surface area contributed by atoms with Gasteiger partial charge < -0.3 is 15.1 Å². The predicted molar refractivity (Wildman–Crippen MR) is 112 cm³/mol. The van der Waals surface area contributed by atoms with E-state index in [4.69, 9.17) is 0 Å². The van der Waals surface area contributed by atoms with Crippen LogP contribution in [0.2, 0.25) is 0 Å². The molecule has 0 aliphatic carbocycles. The van der Waals surface area contributed by atoms with E-state index in [0.29, 0.717) is 11.3 Å². The Hall–Kier alpha value is -3.27. The first-order valence-electron chi connectivity index (χ1n) is 9.52. The summed E-state index contributed by atoms with van der Waals surface area (Å²) >= 11 is 0. The minimum Gasteiger partial charge on any atom is -0.505 e. The largest absolute Gasteiger partial charge is 0.505 e. The van der Waals surface area contributed by atoms with Crippen molar-refractivity contribution in [3.05, 3.63) is 95.1 Å². The normalized spacial score (nSPS) is 10.8. The third kappa shape index (κ3) is 3.72. The van der Waals surface area contributed by atoms with Crippen LogP contribution in [0, 0.1) is 0 Å². The quantitative estimate of drug-likeness (QED) is 0.563. The number of anilines is 1. The van der Waals surface area contributed by atoms with Crippen molar-refractivity contribution < 1.29 is 15.0 Å². The lowest BCUT2D eigenvalue weighted by Gasteiger charge is -2.27. The number of phenols is 1. The summed E-state index contributed by atoms with van der Waals surface area (Å²) in [5.74, 6) is -1.40. The van der Waals surface area contributed by atoms with E-state index < -0.39 is 5.97 Å². The van der Waals surface area contributed by atoms with E-state index >= 15 is 0 Å². The smallest absolute Gasteiger partial charge is 0.336 e. The third-order valence-corrected chi connectivity index (χ3v) is 5.08. The standard InChI is InChI=1S/C24H25NO3/c1-3-25(4-2)20-16-15-19(24(27)28)22(23(20)26)21(17-11-7-5-8-12-17)18-13-9-6-10-14-18/h5-16,21,26H,3-4H2,1-2H3,(H,27,28). The molecule has 0 fully saturated rings. The van der Waals surface area contributed by atoms with Gasteiger partial charge in [-0.05, 0) is 37.1 Å². The highest BCUT2D eigenvalue weighted by atomic mass is 16.4. The molecule has 3 rings (SSSR count). The van der Waals surface area contributed by atoms with Crippen LogP contribution in [0.5, 0.6) is 5.75 Å². The highest BCUT2D eigenvalue weighted by Gasteiger charge is 2.28. The van der Waals surface area contributed by atoms with Crippen molar-refractivity contribution in [3.63, 3.8) is 0 Å².